The van der Waals surface area contributed by atoms with Gasteiger partial charge in [-0.25, -0.2) is 4.39 Å². The average molecular weight is 491 g/mol. The van der Waals surface area contributed by atoms with Crippen molar-refractivity contribution in [2.75, 3.05) is 26.7 Å². The Bertz CT molecular complexity index is 1200. The predicted molar refractivity (Wildman–Crippen MR) is 140 cm³/mol. The van der Waals surface area contributed by atoms with Crippen molar-refractivity contribution in [3.63, 3.8) is 0 Å². The van der Waals surface area contributed by atoms with E-state index in [2.05, 4.69) is 36.1 Å². The normalized spacial score (nSPS) is 17.9. The molecule has 4 rings (SSSR count). The molecule has 3 aromatic carbocycles. The van der Waals surface area contributed by atoms with Crippen LogP contribution in [0.1, 0.15) is 46.8 Å². The number of methoxy groups -OCH3 is 1. The number of benzene rings is 3. The van der Waals surface area contributed by atoms with Crippen LogP contribution in [0.3, 0.4) is 0 Å². The summed E-state index contributed by atoms with van der Waals surface area (Å²) in [6.45, 7) is 9.01. The van der Waals surface area contributed by atoms with Crippen LogP contribution >= 0.6 is 0 Å². The Morgan fingerprint density at radius 3 is 2.47 bits per heavy atom. The fourth-order valence-corrected chi connectivity index (χ4v) is 5.21. The second kappa shape index (κ2) is 11.1. The second-order valence-electron chi connectivity index (χ2n) is 9.97. The number of phenols is 1. The minimum Gasteiger partial charge on any atom is -0.507 e. The quantitative estimate of drug-likeness (QED) is 0.446. The van der Waals surface area contributed by atoms with Gasteiger partial charge in [0.05, 0.1) is 7.11 Å². The SMILES string of the molecule is COc1ccc(CN2C[C@@H](CN(C(=O)c3ccc(F)cc3)C(C)C)[C@@H](c3ccccc3C)C2)c(O)c1. The third-order valence-electron chi connectivity index (χ3n) is 7.20. The van der Waals surface area contributed by atoms with Gasteiger partial charge in [-0.3, -0.25) is 9.69 Å². The number of likely N-dealkylation sites (tertiary alicyclic amines) is 1. The Kier molecular flexibility index (Phi) is 7.94. The Labute approximate surface area is 213 Å². The lowest BCUT2D eigenvalue weighted by Gasteiger charge is -2.32. The molecule has 2 atom stereocenters. The molecule has 0 bridgehead atoms. The summed E-state index contributed by atoms with van der Waals surface area (Å²) in [4.78, 5) is 17.7. The van der Waals surface area contributed by atoms with Crippen molar-refractivity contribution in [2.24, 2.45) is 5.92 Å². The zero-order valence-electron chi connectivity index (χ0n) is 21.4. The van der Waals surface area contributed by atoms with Crippen molar-refractivity contribution >= 4 is 5.91 Å². The number of carbonyl (C=O) groups excluding carboxylic acids is 1. The Hall–Kier alpha value is -3.38. The van der Waals surface area contributed by atoms with Crippen LogP contribution in [0.5, 0.6) is 11.5 Å². The number of rotatable bonds is 8. The summed E-state index contributed by atoms with van der Waals surface area (Å²) in [6, 6.07) is 19.6. The molecule has 1 aliphatic rings. The monoisotopic (exact) mass is 490 g/mol. The molecule has 5 nitrogen and oxygen atoms in total. The number of aromatic hydroxyl groups is 1. The Morgan fingerprint density at radius 2 is 1.83 bits per heavy atom. The van der Waals surface area contributed by atoms with Gasteiger partial charge in [-0.2, -0.15) is 0 Å². The molecular formula is C30H35FN2O3. The zero-order chi connectivity index (χ0) is 25.8. The molecule has 1 aliphatic heterocycles. The predicted octanol–water partition coefficient (Wildman–Crippen LogP) is 5.61. The fourth-order valence-electron chi connectivity index (χ4n) is 5.21. The summed E-state index contributed by atoms with van der Waals surface area (Å²) in [5, 5.41) is 10.5. The highest BCUT2D eigenvalue weighted by Gasteiger charge is 2.37. The van der Waals surface area contributed by atoms with Gasteiger partial charge < -0.3 is 14.7 Å². The summed E-state index contributed by atoms with van der Waals surface area (Å²) < 4.78 is 18.7. The minimum absolute atomic E-state index is 0.000226. The van der Waals surface area contributed by atoms with Gasteiger partial charge in [0, 0.05) is 55.3 Å². The first-order valence-electron chi connectivity index (χ1n) is 12.5. The van der Waals surface area contributed by atoms with Crippen molar-refractivity contribution in [1.82, 2.24) is 9.80 Å². The van der Waals surface area contributed by atoms with Crippen LogP contribution in [0.25, 0.3) is 0 Å². The standard InChI is InChI=1S/C30H35FN2O3/c1-20(2)33(30(35)22-9-12-25(31)13-10-22)18-24-17-32(16-23-11-14-26(36-4)15-29(23)34)19-28(24)27-8-6-5-7-21(27)3/h5-15,20,24,28,34H,16-19H2,1-4H3/t24-,28-/m0/s1. The van der Waals surface area contributed by atoms with E-state index in [1.807, 2.05) is 30.9 Å². The van der Waals surface area contributed by atoms with Gasteiger partial charge in [-0.15, -0.1) is 0 Å². The first-order chi connectivity index (χ1) is 17.3. The number of hydrogen-bond acceptors (Lipinski definition) is 4. The highest BCUT2D eigenvalue weighted by molar-refractivity contribution is 5.94. The van der Waals surface area contributed by atoms with Crippen LogP contribution in [0.2, 0.25) is 0 Å². The highest BCUT2D eigenvalue weighted by atomic mass is 19.1. The zero-order valence-corrected chi connectivity index (χ0v) is 21.4. The molecule has 1 saturated heterocycles. The smallest absolute Gasteiger partial charge is 0.254 e. The lowest BCUT2D eigenvalue weighted by molar-refractivity contribution is 0.0668. The average Bonchev–Trinajstić information content (AvgIpc) is 3.26. The number of hydrogen-bond donors (Lipinski definition) is 1. The maximum Gasteiger partial charge on any atom is 0.254 e. The highest BCUT2D eigenvalue weighted by Crippen LogP contribution is 2.37. The van der Waals surface area contributed by atoms with Crippen molar-refractivity contribution in [3.8, 4) is 11.5 Å². The number of carbonyl (C=O) groups is 1. The molecule has 1 N–H and O–H groups in total. The van der Waals surface area contributed by atoms with Crippen molar-refractivity contribution in [1.29, 1.82) is 0 Å². The fraction of sp³-hybridized carbons (Fsp3) is 0.367. The molecule has 3 aromatic rings. The molecule has 0 aliphatic carbocycles. The van der Waals surface area contributed by atoms with Crippen molar-refractivity contribution in [2.45, 2.75) is 39.3 Å². The van der Waals surface area contributed by atoms with E-state index in [9.17, 15) is 14.3 Å². The van der Waals surface area contributed by atoms with Gasteiger partial charge in [-0.05, 0) is 68.1 Å². The van der Waals surface area contributed by atoms with E-state index in [0.717, 1.165) is 18.7 Å². The molecule has 190 valence electrons. The lowest BCUT2D eigenvalue weighted by Crippen LogP contribution is -2.42. The summed E-state index contributed by atoms with van der Waals surface area (Å²) in [7, 11) is 1.58. The van der Waals surface area contributed by atoms with Crippen molar-refractivity contribution in [3.05, 3.63) is 94.8 Å². The number of amides is 1. The summed E-state index contributed by atoms with van der Waals surface area (Å²) in [5.41, 5.74) is 3.88. The molecule has 1 amide bonds. The first-order valence-corrected chi connectivity index (χ1v) is 12.5. The van der Waals surface area contributed by atoms with Crippen LogP contribution in [0.15, 0.2) is 66.7 Å². The van der Waals surface area contributed by atoms with Crippen LogP contribution in [0, 0.1) is 18.7 Å². The molecular weight excluding hydrogens is 455 g/mol. The van der Waals surface area contributed by atoms with Crippen molar-refractivity contribution < 1.29 is 19.0 Å². The number of nitrogens with zero attached hydrogens (tertiary/aromatic N) is 2. The van der Waals surface area contributed by atoms with E-state index in [1.165, 1.54) is 23.3 Å². The van der Waals surface area contributed by atoms with E-state index in [-0.39, 0.29) is 35.4 Å². The summed E-state index contributed by atoms with van der Waals surface area (Å²) in [5.74, 6) is 0.864. The van der Waals surface area contributed by atoms with Crippen LogP contribution in [0.4, 0.5) is 4.39 Å². The van der Waals surface area contributed by atoms with Gasteiger partial charge in [0.15, 0.2) is 0 Å². The van der Waals surface area contributed by atoms with Gasteiger partial charge >= 0.3 is 0 Å². The molecule has 0 spiro atoms. The van der Waals surface area contributed by atoms with E-state index in [4.69, 9.17) is 4.74 Å². The number of aryl methyl sites for hydroxylation is 1. The van der Waals surface area contributed by atoms with E-state index in [1.54, 1.807) is 25.3 Å². The van der Waals surface area contributed by atoms with Gasteiger partial charge in [0.25, 0.3) is 5.91 Å². The van der Waals surface area contributed by atoms with E-state index >= 15 is 0 Å². The van der Waals surface area contributed by atoms with Crippen LogP contribution in [-0.4, -0.2) is 53.6 Å². The molecule has 1 fully saturated rings. The molecule has 6 heteroatoms. The van der Waals surface area contributed by atoms with Gasteiger partial charge in [0.1, 0.15) is 17.3 Å². The summed E-state index contributed by atoms with van der Waals surface area (Å²) >= 11 is 0. The Balaban J connectivity index is 1.59. The van der Waals surface area contributed by atoms with E-state index in [0.29, 0.717) is 24.4 Å². The molecule has 0 aromatic heterocycles. The third kappa shape index (κ3) is 5.71. The lowest BCUT2D eigenvalue weighted by atomic mass is 9.86. The van der Waals surface area contributed by atoms with E-state index < -0.39 is 0 Å². The molecule has 0 saturated carbocycles. The van der Waals surface area contributed by atoms with Gasteiger partial charge in [-0.1, -0.05) is 30.3 Å². The number of phenolic OH excluding ortho intramolecular Hbond substituents is 1. The van der Waals surface area contributed by atoms with Crippen LogP contribution < -0.4 is 4.74 Å². The number of ether oxygens (including phenoxy) is 1. The molecule has 0 unspecified atom stereocenters. The molecule has 0 radical (unpaired) electrons. The topological polar surface area (TPSA) is 53.0 Å². The van der Waals surface area contributed by atoms with Gasteiger partial charge in [0.2, 0.25) is 0 Å². The maximum atomic E-state index is 13.5. The maximum absolute atomic E-state index is 13.5. The molecule has 36 heavy (non-hydrogen) atoms. The first kappa shape index (κ1) is 25.7. The minimum atomic E-state index is -0.351. The Morgan fingerprint density at radius 1 is 1.11 bits per heavy atom. The summed E-state index contributed by atoms with van der Waals surface area (Å²) in [6.07, 6.45) is 0. The number of halogens is 1. The molecule has 1 heterocycles. The third-order valence-corrected chi connectivity index (χ3v) is 7.20. The van der Waals surface area contributed by atoms with Crippen LogP contribution in [-0.2, 0) is 6.54 Å². The largest absolute Gasteiger partial charge is 0.507 e. The second-order valence-corrected chi connectivity index (χ2v) is 9.97.